The van der Waals surface area contributed by atoms with Gasteiger partial charge in [-0.1, -0.05) is 0 Å². The fourth-order valence-corrected chi connectivity index (χ4v) is 3.32. The van der Waals surface area contributed by atoms with Crippen LogP contribution < -0.4 is 0 Å². The predicted molar refractivity (Wildman–Crippen MR) is 60.9 cm³/mol. The van der Waals surface area contributed by atoms with Crippen molar-refractivity contribution >= 4 is 23.5 Å². The summed E-state index contributed by atoms with van der Waals surface area (Å²) in [7, 11) is 0. The summed E-state index contributed by atoms with van der Waals surface area (Å²) in [6, 6.07) is 0.406. The van der Waals surface area contributed by atoms with Crippen LogP contribution in [-0.4, -0.2) is 40.7 Å². The molecule has 2 unspecified atom stereocenters. The van der Waals surface area contributed by atoms with E-state index in [0.717, 1.165) is 12.8 Å². The van der Waals surface area contributed by atoms with E-state index in [4.69, 9.17) is 0 Å². The van der Waals surface area contributed by atoms with Crippen LogP contribution in [0.25, 0.3) is 0 Å². The average molecular weight is 227 g/mol. The van der Waals surface area contributed by atoms with Crippen LogP contribution in [0.2, 0.25) is 0 Å². The normalized spacial score (nSPS) is 32.5. The van der Waals surface area contributed by atoms with Crippen molar-refractivity contribution in [3.05, 3.63) is 0 Å². The fraction of sp³-hybridized carbons (Fsp3) is 0.818. The predicted octanol–water partition coefficient (Wildman–Crippen LogP) is 1.46. The minimum atomic E-state index is 0.0537. The van der Waals surface area contributed by atoms with Crippen LogP contribution in [0.15, 0.2) is 0 Å². The number of carbonyl (C=O) groups is 2. The molecule has 4 heteroatoms. The lowest BCUT2D eigenvalue weighted by Gasteiger charge is -2.31. The summed E-state index contributed by atoms with van der Waals surface area (Å²) >= 11 is 1.90. The number of rotatable bonds is 2. The first-order chi connectivity index (χ1) is 7.20. The van der Waals surface area contributed by atoms with Crippen molar-refractivity contribution in [2.24, 2.45) is 0 Å². The monoisotopic (exact) mass is 227 g/mol. The van der Waals surface area contributed by atoms with E-state index in [1.54, 1.807) is 0 Å². The summed E-state index contributed by atoms with van der Waals surface area (Å²) in [5, 5.41) is 0.709. The molecule has 0 aromatic heterocycles. The molecule has 0 radical (unpaired) electrons. The molecule has 1 heterocycles. The highest BCUT2D eigenvalue weighted by Gasteiger charge is 2.34. The molecule has 3 nitrogen and oxygen atoms in total. The van der Waals surface area contributed by atoms with Gasteiger partial charge in [0.15, 0.2) is 0 Å². The van der Waals surface area contributed by atoms with Gasteiger partial charge in [0.25, 0.3) is 0 Å². The van der Waals surface area contributed by atoms with Crippen molar-refractivity contribution in [1.29, 1.82) is 0 Å². The first-order valence-electron chi connectivity index (χ1n) is 5.54. The van der Waals surface area contributed by atoms with Crippen LogP contribution in [0, 0.1) is 0 Å². The molecule has 1 saturated carbocycles. The van der Waals surface area contributed by atoms with E-state index in [1.807, 2.05) is 16.7 Å². The summed E-state index contributed by atoms with van der Waals surface area (Å²) in [5.41, 5.74) is 0. The van der Waals surface area contributed by atoms with E-state index < -0.39 is 0 Å². The van der Waals surface area contributed by atoms with E-state index in [2.05, 4.69) is 6.26 Å². The van der Waals surface area contributed by atoms with Crippen LogP contribution >= 0.6 is 11.8 Å². The summed E-state index contributed by atoms with van der Waals surface area (Å²) < 4.78 is 0. The zero-order valence-corrected chi connectivity index (χ0v) is 9.89. The van der Waals surface area contributed by atoms with Gasteiger partial charge in [0.2, 0.25) is 5.91 Å². The third kappa shape index (κ3) is 2.36. The molecule has 2 fully saturated rings. The molecule has 15 heavy (non-hydrogen) atoms. The van der Waals surface area contributed by atoms with E-state index in [1.165, 1.54) is 6.42 Å². The summed E-state index contributed by atoms with van der Waals surface area (Å²) in [6.45, 7) is 0.656. The molecule has 1 saturated heterocycles. The minimum absolute atomic E-state index is 0.0537. The first kappa shape index (κ1) is 11.0. The number of thioether (sulfide) groups is 1. The summed E-state index contributed by atoms with van der Waals surface area (Å²) in [4.78, 5) is 24.7. The van der Waals surface area contributed by atoms with Crippen LogP contribution in [0.5, 0.6) is 0 Å². The molecule has 0 aromatic carbocycles. The first-order valence-corrected chi connectivity index (χ1v) is 6.83. The Kier molecular flexibility index (Phi) is 3.34. The number of hydrogen-bond donors (Lipinski definition) is 0. The fourth-order valence-electron chi connectivity index (χ4n) is 2.53. The van der Waals surface area contributed by atoms with Gasteiger partial charge in [0.1, 0.15) is 5.78 Å². The molecule has 0 bridgehead atoms. The van der Waals surface area contributed by atoms with Crippen LogP contribution in [0.4, 0.5) is 0 Å². The lowest BCUT2D eigenvalue weighted by atomic mass is 10.1. The van der Waals surface area contributed by atoms with Gasteiger partial charge in [-0.25, -0.2) is 0 Å². The van der Waals surface area contributed by atoms with Crippen molar-refractivity contribution in [2.45, 2.75) is 43.4 Å². The van der Waals surface area contributed by atoms with Gasteiger partial charge in [-0.3, -0.25) is 9.59 Å². The Hall–Kier alpha value is -0.510. The number of amides is 1. The Bertz CT molecular complexity index is 280. The Morgan fingerprint density at radius 2 is 2.13 bits per heavy atom. The number of nitrogens with zero attached hydrogens (tertiary/aromatic N) is 1. The maximum Gasteiger partial charge on any atom is 0.230 e. The van der Waals surface area contributed by atoms with Gasteiger partial charge in [0.05, 0.1) is 6.42 Å². The second-order valence-electron chi connectivity index (χ2n) is 4.38. The summed E-state index contributed by atoms with van der Waals surface area (Å²) in [6.07, 6.45) is 6.28. The maximum absolute atomic E-state index is 11.7. The molecular formula is C11H17NO2S. The van der Waals surface area contributed by atoms with Gasteiger partial charge in [0, 0.05) is 24.3 Å². The second-order valence-corrected chi connectivity index (χ2v) is 5.52. The SMILES string of the molecule is CSC1CCC(N2CCC(=O)CC2=O)C1. The van der Waals surface area contributed by atoms with E-state index >= 15 is 0 Å². The number of piperidine rings is 1. The van der Waals surface area contributed by atoms with Gasteiger partial charge >= 0.3 is 0 Å². The van der Waals surface area contributed by atoms with Gasteiger partial charge in [-0.15, -0.1) is 0 Å². The smallest absolute Gasteiger partial charge is 0.230 e. The van der Waals surface area contributed by atoms with Crippen molar-refractivity contribution in [2.75, 3.05) is 12.8 Å². The van der Waals surface area contributed by atoms with E-state index in [-0.39, 0.29) is 18.1 Å². The Labute approximate surface area is 94.6 Å². The topological polar surface area (TPSA) is 37.4 Å². The largest absolute Gasteiger partial charge is 0.339 e. The zero-order valence-electron chi connectivity index (χ0n) is 9.07. The van der Waals surface area contributed by atoms with Crippen molar-refractivity contribution in [1.82, 2.24) is 4.90 Å². The Morgan fingerprint density at radius 1 is 1.33 bits per heavy atom. The molecule has 1 aliphatic heterocycles. The zero-order chi connectivity index (χ0) is 10.8. The van der Waals surface area contributed by atoms with Gasteiger partial charge in [-0.05, 0) is 25.5 Å². The third-order valence-electron chi connectivity index (χ3n) is 3.43. The number of hydrogen-bond acceptors (Lipinski definition) is 3. The second kappa shape index (κ2) is 4.56. The molecule has 0 spiro atoms. The molecule has 2 rings (SSSR count). The minimum Gasteiger partial charge on any atom is -0.339 e. The maximum atomic E-state index is 11.7. The van der Waals surface area contributed by atoms with Gasteiger partial charge in [-0.2, -0.15) is 11.8 Å². The van der Waals surface area contributed by atoms with E-state index in [0.29, 0.717) is 24.3 Å². The Morgan fingerprint density at radius 3 is 2.73 bits per heavy atom. The number of ketones is 1. The van der Waals surface area contributed by atoms with Crippen molar-refractivity contribution in [3.63, 3.8) is 0 Å². The quantitative estimate of drug-likeness (QED) is 0.670. The number of Topliss-reactive ketones (excluding diaryl/α,β-unsaturated/α-hetero) is 1. The molecule has 0 N–H and O–H groups in total. The highest BCUT2D eigenvalue weighted by atomic mass is 32.2. The van der Waals surface area contributed by atoms with Crippen LogP contribution in [-0.2, 0) is 9.59 Å². The third-order valence-corrected chi connectivity index (χ3v) is 4.53. The number of likely N-dealkylation sites (tertiary alicyclic amines) is 1. The Balaban J connectivity index is 1.94. The molecule has 2 atom stereocenters. The standard InChI is InChI=1S/C11H17NO2S/c1-15-10-3-2-8(6-10)12-5-4-9(13)7-11(12)14/h8,10H,2-7H2,1H3. The average Bonchev–Trinajstić information content (AvgIpc) is 2.66. The van der Waals surface area contributed by atoms with Crippen molar-refractivity contribution < 1.29 is 9.59 Å². The molecule has 1 amide bonds. The molecule has 0 aromatic rings. The highest BCUT2D eigenvalue weighted by molar-refractivity contribution is 7.99. The number of carbonyl (C=O) groups excluding carboxylic acids is 2. The van der Waals surface area contributed by atoms with Crippen LogP contribution in [0.3, 0.4) is 0 Å². The molecule has 1 aliphatic carbocycles. The highest BCUT2D eigenvalue weighted by Crippen LogP contribution is 2.32. The van der Waals surface area contributed by atoms with Gasteiger partial charge < -0.3 is 4.90 Å². The molecule has 2 aliphatic rings. The molecule has 84 valence electrons. The molecular weight excluding hydrogens is 210 g/mol. The van der Waals surface area contributed by atoms with Crippen molar-refractivity contribution in [3.8, 4) is 0 Å². The van der Waals surface area contributed by atoms with Crippen LogP contribution in [0.1, 0.15) is 32.1 Å². The van der Waals surface area contributed by atoms with E-state index in [9.17, 15) is 9.59 Å². The lowest BCUT2D eigenvalue weighted by Crippen LogP contribution is -2.44. The lowest BCUT2D eigenvalue weighted by molar-refractivity contribution is -0.141. The summed E-state index contributed by atoms with van der Waals surface area (Å²) in [5.74, 6) is 0.161.